The summed E-state index contributed by atoms with van der Waals surface area (Å²) in [7, 11) is 1.68. The highest BCUT2D eigenvalue weighted by molar-refractivity contribution is 5.69. The predicted octanol–water partition coefficient (Wildman–Crippen LogP) is 3.55. The lowest BCUT2D eigenvalue weighted by Gasteiger charge is -2.37. The molecule has 2 aliphatic carbocycles. The number of pyridine rings is 1. The van der Waals surface area contributed by atoms with Gasteiger partial charge in [0, 0.05) is 20.1 Å². The molecule has 3 aliphatic rings. The molecule has 2 heterocycles. The molecule has 1 saturated heterocycles. The van der Waals surface area contributed by atoms with E-state index in [1.807, 2.05) is 24.0 Å². The van der Waals surface area contributed by atoms with Gasteiger partial charge in [0.2, 0.25) is 0 Å². The molecule has 3 fully saturated rings. The van der Waals surface area contributed by atoms with Crippen LogP contribution >= 0.6 is 0 Å². The molecular weight excluding hydrogens is 406 g/mol. The third-order valence-corrected chi connectivity index (χ3v) is 7.34. The van der Waals surface area contributed by atoms with E-state index in [9.17, 15) is 4.79 Å². The summed E-state index contributed by atoms with van der Waals surface area (Å²) in [6.45, 7) is 3.48. The summed E-state index contributed by atoms with van der Waals surface area (Å²) in [6.07, 6.45) is 10.6. The van der Waals surface area contributed by atoms with Crippen molar-refractivity contribution in [2.45, 2.75) is 70.8 Å². The molecule has 1 aromatic heterocycles. The number of hydrogen-bond donors (Lipinski definition) is 2. The largest absolute Gasteiger partial charge is 0.489 e. The molecule has 2 saturated carbocycles. The highest BCUT2D eigenvalue weighted by atomic mass is 16.6. The Hall–Kier alpha value is -2.48. The van der Waals surface area contributed by atoms with Gasteiger partial charge >= 0.3 is 6.09 Å². The number of aryl methyl sites for hydroxylation is 1. The van der Waals surface area contributed by atoms with Crippen molar-refractivity contribution in [1.82, 2.24) is 14.9 Å². The Labute approximate surface area is 190 Å². The SMILES string of the molecule is Cc1nc(/C(N)=C(\COC(=O)N2CCC3(CCC3)C2)N(C)N)ccc1OC1CCCCC1. The van der Waals surface area contributed by atoms with Gasteiger partial charge in [-0.1, -0.05) is 12.8 Å². The molecule has 1 spiro atoms. The van der Waals surface area contributed by atoms with Crippen molar-refractivity contribution in [3.05, 3.63) is 29.2 Å². The molecule has 176 valence electrons. The van der Waals surface area contributed by atoms with E-state index in [0.717, 1.165) is 43.8 Å². The lowest BCUT2D eigenvalue weighted by Crippen LogP contribution is -2.37. The lowest BCUT2D eigenvalue weighted by molar-refractivity contribution is 0.0955. The summed E-state index contributed by atoms with van der Waals surface area (Å²) >= 11 is 0. The third kappa shape index (κ3) is 4.95. The number of carbonyl (C=O) groups excluding carboxylic acids is 1. The van der Waals surface area contributed by atoms with Gasteiger partial charge in [-0.3, -0.25) is 0 Å². The van der Waals surface area contributed by atoms with Gasteiger partial charge in [0.15, 0.2) is 0 Å². The Bertz CT molecular complexity index is 859. The first-order valence-electron chi connectivity index (χ1n) is 11.9. The number of hydrogen-bond acceptors (Lipinski definition) is 7. The van der Waals surface area contributed by atoms with Crippen LogP contribution in [0.4, 0.5) is 4.79 Å². The molecule has 0 unspecified atom stereocenters. The average molecular weight is 444 g/mol. The van der Waals surface area contributed by atoms with Crippen LogP contribution < -0.4 is 16.3 Å². The second-order valence-electron chi connectivity index (χ2n) is 9.71. The van der Waals surface area contributed by atoms with E-state index in [-0.39, 0.29) is 18.8 Å². The maximum atomic E-state index is 12.6. The first kappa shape index (κ1) is 22.7. The monoisotopic (exact) mass is 443 g/mol. The number of rotatable bonds is 6. The normalized spacial score (nSPS) is 21.2. The molecule has 1 aliphatic heterocycles. The zero-order chi connectivity index (χ0) is 22.7. The first-order chi connectivity index (χ1) is 15.4. The summed E-state index contributed by atoms with van der Waals surface area (Å²) < 4.78 is 11.7. The van der Waals surface area contributed by atoms with Crippen molar-refractivity contribution in [2.75, 3.05) is 26.7 Å². The van der Waals surface area contributed by atoms with Crippen LogP contribution in [0.1, 0.15) is 69.2 Å². The minimum Gasteiger partial charge on any atom is -0.489 e. The van der Waals surface area contributed by atoms with Gasteiger partial charge in [-0.15, -0.1) is 0 Å². The van der Waals surface area contributed by atoms with Crippen LogP contribution in [-0.4, -0.2) is 53.8 Å². The number of aromatic nitrogens is 1. The molecule has 1 aromatic rings. The summed E-state index contributed by atoms with van der Waals surface area (Å²) in [5, 5.41) is 1.39. The summed E-state index contributed by atoms with van der Waals surface area (Å²) in [5.74, 6) is 6.81. The van der Waals surface area contributed by atoms with Crippen molar-refractivity contribution >= 4 is 11.8 Å². The molecule has 0 aromatic carbocycles. The van der Waals surface area contributed by atoms with Crippen molar-refractivity contribution in [1.29, 1.82) is 0 Å². The van der Waals surface area contributed by atoms with Gasteiger partial charge in [-0.2, -0.15) is 0 Å². The Balaban J connectivity index is 1.40. The third-order valence-electron chi connectivity index (χ3n) is 7.34. The van der Waals surface area contributed by atoms with Crippen LogP contribution in [0.5, 0.6) is 5.75 Å². The minimum absolute atomic E-state index is 0.00220. The second-order valence-corrected chi connectivity index (χ2v) is 9.71. The van der Waals surface area contributed by atoms with Gasteiger partial charge in [0.25, 0.3) is 0 Å². The lowest BCUT2D eigenvalue weighted by atomic mass is 9.68. The zero-order valence-electron chi connectivity index (χ0n) is 19.4. The average Bonchev–Trinajstić information content (AvgIpc) is 3.22. The van der Waals surface area contributed by atoms with Gasteiger partial charge in [-0.25, -0.2) is 15.6 Å². The zero-order valence-corrected chi connectivity index (χ0v) is 19.4. The van der Waals surface area contributed by atoms with Gasteiger partial charge in [-0.05, 0) is 69.4 Å². The topological polar surface area (TPSA) is 107 Å². The van der Waals surface area contributed by atoms with Crippen LogP contribution in [0.2, 0.25) is 0 Å². The Kier molecular flexibility index (Phi) is 6.79. The number of carbonyl (C=O) groups is 1. The Morgan fingerprint density at radius 3 is 2.56 bits per heavy atom. The molecule has 4 rings (SSSR count). The number of amides is 1. The summed E-state index contributed by atoms with van der Waals surface area (Å²) in [6, 6.07) is 3.76. The number of hydrazine groups is 1. The van der Waals surface area contributed by atoms with Gasteiger partial charge in [0.05, 0.1) is 28.9 Å². The molecule has 32 heavy (non-hydrogen) atoms. The van der Waals surface area contributed by atoms with Crippen molar-refractivity contribution in [2.24, 2.45) is 17.0 Å². The number of likely N-dealkylation sites (N-methyl/N-ethyl adjacent to an activating group) is 1. The number of ether oxygens (including phenoxy) is 2. The minimum atomic E-state index is -0.304. The number of nitrogens with zero attached hydrogens (tertiary/aromatic N) is 3. The van der Waals surface area contributed by atoms with E-state index in [1.165, 1.54) is 43.5 Å². The molecule has 4 N–H and O–H groups in total. The molecule has 8 nitrogen and oxygen atoms in total. The number of likely N-dealkylation sites (tertiary alicyclic amines) is 1. The highest BCUT2D eigenvalue weighted by Crippen LogP contribution is 2.48. The smallest absolute Gasteiger partial charge is 0.410 e. The van der Waals surface area contributed by atoms with E-state index >= 15 is 0 Å². The fraction of sp³-hybridized carbons (Fsp3) is 0.667. The molecule has 0 atom stereocenters. The fourth-order valence-electron chi connectivity index (χ4n) is 5.10. The van der Waals surface area contributed by atoms with Crippen LogP contribution in [0.3, 0.4) is 0 Å². The molecule has 8 heteroatoms. The second kappa shape index (κ2) is 9.57. The number of nitrogens with two attached hydrogens (primary N) is 2. The van der Waals surface area contributed by atoms with E-state index in [2.05, 4.69) is 4.98 Å². The van der Waals surface area contributed by atoms with Gasteiger partial charge < -0.3 is 25.1 Å². The fourth-order valence-corrected chi connectivity index (χ4v) is 5.10. The van der Waals surface area contributed by atoms with E-state index in [0.29, 0.717) is 22.5 Å². The molecule has 1 amide bonds. The highest BCUT2D eigenvalue weighted by Gasteiger charge is 2.44. The van der Waals surface area contributed by atoms with Crippen molar-refractivity contribution in [3.8, 4) is 5.75 Å². The van der Waals surface area contributed by atoms with Crippen LogP contribution in [0.15, 0.2) is 17.8 Å². The standard InChI is InChI=1S/C24H37N5O3/c1-17-21(32-18-7-4-3-5-8-18)10-9-19(27-17)22(25)20(28(2)26)15-31-23(30)29-14-13-24(16-29)11-6-12-24/h9-10,18H,3-8,11-16,25-26H2,1-2H3/b22-20-. The van der Waals surface area contributed by atoms with Crippen LogP contribution in [0.25, 0.3) is 5.70 Å². The maximum Gasteiger partial charge on any atom is 0.410 e. The summed E-state index contributed by atoms with van der Waals surface area (Å²) in [5.41, 5.74) is 9.04. The van der Waals surface area contributed by atoms with E-state index < -0.39 is 0 Å². The van der Waals surface area contributed by atoms with Crippen molar-refractivity contribution < 1.29 is 14.3 Å². The van der Waals surface area contributed by atoms with Crippen LogP contribution in [0, 0.1) is 12.3 Å². The Morgan fingerprint density at radius 1 is 1.22 bits per heavy atom. The first-order valence-corrected chi connectivity index (χ1v) is 11.9. The van der Waals surface area contributed by atoms with E-state index in [4.69, 9.17) is 21.1 Å². The van der Waals surface area contributed by atoms with Crippen LogP contribution in [-0.2, 0) is 4.74 Å². The molecular formula is C24H37N5O3. The maximum absolute atomic E-state index is 12.6. The van der Waals surface area contributed by atoms with Crippen molar-refractivity contribution in [3.63, 3.8) is 0 Å². The molecule has 0 bridgehead atoms. The Morgan fingerprint density at radius 2 is 1.97 bits per heavy atom. The molecule has 0 radical (unpaired) electrons. The quantitative estimate of drug-likeness (QED) is 0.511. The van der Waals surface area contributed by atoms with E-state index in [1.54, 1.807) is 7.05 Å². The van der Waals surface area contributed by atoms with Gasteiger partial charge in [0.1, 0.15) is 12.4 Å². The summed E-state index contributed by atoms with van der Waals surface area (Å²) in [4.78, 5) is 19.0. The predicted molar refractivity (Wildman–Crippen MR) is 123 cm³/mol.